The number of aliphatic carboxylic acids is 1. The molecule has 0 radical (unpaired) electrons. The second kappa shape index (κ2) is 6.85. The van der Waals surface area contributed by atoms with E-state index in [1.165, 1.54) is 6.92 Å². The minimum Gasteiger partial charge on any atom is -0.480 e. The molecule has 25 heavy (non-hydrogen) atoms. The first-order valence-electron chi connectivity index (χ1n) is 7.53. The van der Waals surface area contributed by atoms with Gasteiger partial charge in [0.25, 0.3) is 5.91 Å². The molecule has 1 amide bonds. The average molecular weight is 373 g/mol. The third-order valence-corrected chi connectivity index (χ3v) is 5.13. The lowest BCUT2D eigenvalue weighted by Crippen LogP contribution is -2.41. The fourth-order valence-electron chi connectivity index (χ4n) is 2.36. The number of carboxylic acids is 1. The highest BCUT2D eigenvalue weighted by molar-refractivity contribution is 8.26. The monoisotopic (exact) mass is 373 g/mol. The van der Waals surface area contributed by atoms with Gasteiger partial charge < -0.3 is 9.52 Å². The Morgan fingerprint density at radius 1 is 1.28 bits per heavy atom. The Hall–Kier alpha value is -2.38. The fourth-order valence-corrected chi connectivity index (χ4v) is 3.76. The molecule has 1 atom stereocenters. The van der Waals surface area contributed by atoms with E-state index in [1.54, 1.807) is 12.1 Å². The van der Waals surface area contributed by atoms with Crippen molar-refractivity contribution in [1.82, 2.24) is 4.90 Å². The van der Waals surface area contributed by atoms with Gasteiger partial charge in [0.15, 0.2) is 0 Å². The first kappa shape index (κ1) is 17.4. The van der Waals surface area contributed by atoms with Crippen LogP contribution in [0.4, 0.5) is 0 Å². The highest BCUT2D eigenvalue weighted by Crippen LogP contribution is 2.34. The highest BCUT2D eigenvalue weighted by atomic mass is 32.2. The zero-order valence-electron chi connectivity index (χ0n) is 13.6. The van der Waals surface area contributed by atoms with Crippen LogP contribution in [0.25, 0.3) is 17.4 Å². The van der Waals surface area contributed by atoms with Crippen LogP contribution in [-0.2, 0) is 9.59 Å². The van der Waals surface area contributed by atoms with Crippen molar-refractivity contribution in [3.05, 3.63) is 52.6 Å². The van der Waals surface area contributed by atoms with Crippen molar-refractivity contribution in [3.8, 4) is 11.3 Å². The molecule has 0 aliphatic carbocycles. The molecule has 0 bridgehead atoms. The van der Waals surface area contributed by atoms with Crippen molar-refractivity contribution in [2.45, 2.75) is 19.9 Å². The number of carbonyl (C=O) groups is 2. The summed E-state index contributed by atoms with van der Waals surface area (Å²) in [5.74, 6) is -0.310. The first-order valence-corrected chi connectivity index (χ1v) is 8.76. The Labute approximate surface area is 154 Å². The van der Waals surface area contributed by atoms with Crippen LogP contribution >= 0.6 is 24.0 Å². The molecule has 1 fully saturated rings. The summed E-state index contributed by atoms with van der Waals surface area (Å²) in [5, 5.41) is 9.10. The Kier molecular flexibility index (Phi) is 4.78. The number of nitrogens with zero attached hydrogens (tertiary/aromatic N) is 1. The van der Waals surface area contributed by atoms with E-state index < -0.39 is 17.9 Å². The van der Waals surface area contributed by atoms with Gasteiger partial charge in [-0.2, -0.15) is 0 Å². The number of hydrogen-bond acceptors (Lipinski definition) is 5. The van der Waals surface area contributed by atoms with Crippen LogP contribution in [0.3, 0.4) is 0 Å². The van der Waals surface area contributed by atoms with Crippen LogP contribution in [0.5, 0.6) is 0 Å². The van der Waals surface area contributed by atoms with Gasteiger partial charge in [0, 0.05) is 11.6 Å². The van der Waals surface area contributed by atoms with Gasteiger partial charge in [0.1, 0.15) is 21.9 Å². The lowest BCUT2D eigenvalue weighted by molar-refractivity contribution is -0.144. The number of thiocarbonyl (C=S) groups is 1. The summed E-state index contributed by atoms with van der Waals surface area (Å²) in [5.41, 5.74) is 2.10. The summed E-state index contributed by atoms with van der Waals surface area (Å²) in [6.45, 7) is 3.44. The molecule has 2 heterocycles. The zero-order valence-corrected chi connectivity index (χ0v) is 15.2. The van der Waals surface area contributed by atoms with Gasteiger partial charge in [0.2, 0.25) is 0 Å². The quantitative estimate of drug-likeness (QED) is 0.647. The van der Waals surface area contributed by atoms with E-state index in [0.717, 1.165) is 27.8 Å². The summed E-state index contributed by atoms with van der Waals surface area (Å²) in [7, 11) is 0. The third-order valence-electron chi connectivity index (χ3n) is 3.80. The van der Waals surface area contributed by atoms with Crippen molar-refractivity contribution in [1.29, 1.82) is 0 Å². The lowest BCUT2D eigenvalue weighted by atomic mass is 10.1. The molecule has 3 rings (SSSR count). The summed E-state index contributed by atoms with van der Waals surface area (Å²) in [6.07, 6.45) is 1.59. The highest BCUT2D eigenvalue weighted by Gasteiger charge is 2.38. The molecule has 0 saturated carbocycles. The number of aryl methyl sites for hydroxylation is 1. The predicted molar refractivity (Wildman–Crippen MR) is 101 cm³/mol. The summed E-state index contributed by atoms with van der Waals surface area (Å²) >= 11 is 6.21. The minimum absolute atomic E-state index is 0.233. The number of carboxylic acid groups (broad SMARTS) is 1. The van der Waals surface area contributed by atoms with Crippen molar-refractivity contribution < 1.29 is 19.1 Å². The number of amides is 1. The van der Waals surface area contributed by atoms with E-state index in [4.69, 9.17) is 21.7 Å². The van der Waals surface area contributed by atoms with Crippen LogP contribution in [0.1, 0.15) is 18.2 Å². The molecule has 1 saturated heterocycles. The average Bonchev–Trinajstić information content (AvgIpc) is 3.13. The normalized spacial score (nSPS) is 17.4. The topological polar surface area (TPSA) is 70.8 Å². The Morgan fingerprint density at radius 3 is 2.60 bits per heavy atom. The van der Waals surface area contributed by atoms with Gasteiger partial charge in [-0.25, -0.2) is 4.79 Å². The number of furan rings is 1. The number of carbonyl (C=O) groups excluding carboxylic acids is 1. The third kappa shape index (κ3) is 3.52. The van der Waals surface area contributed by atoms with Gasteiger partial charge >= 0.3 is 5.97 Å². The molecule has 0 unspecified atom stereocenters. The molecule has 5 nitrogen and oxygen atoms in total. The number of rotatable bonds is 4. The molecule has 1 aliphatic rings. The maximum absolute atomic E-state index is 12.4. The largest absolute Gasteiger partial charge is 0.480 e. The maximum Gasteiger partial charge on any atom is 0.326 e. The molecular weight excluding hydrogens is 358 g/mol. The molecule has 1 N–H and O–H groups in total. The number of thioether (sulfide) groups is 1. The molecule has 128 valence electrons. The van der Waals surface area contributed by atoms with Gasteiger partial charge in [-0.05, 0) is 26.0 Å². The van der Waals surface area contributed by atoms with E-state index in [9.17, 15) is 9.59 Å². The van der Waals surface area contributed by atoms with Crippen LogP contribution in [-0.4, -0.2) is 32.2 Å². The summed E-state index contributed by atoms with van der Waals surface area (Å²) < 4.78 is 6.01. The molecular formula is C18H15NO4S2. The van der Waals surface area contributed by atoms with Crippen LogP contribution in [0.15, 0.2) is 45.7 Å². The molecule has 1 aromatic carbocycles. The number of benzene rings is 1. The molecule has 7 heteroatoms. The molecule has 1 aromatic heterocycles. The van der Waals surface area contributed by atoms with E-state index >= 15 is 0 Å². The second-order valence-electron chi connectivity index (χ2n) is 5.63. The fraction of sp³-hybridized carbons (Fsp3) is 0.167. The Balaban J connectivity index is 1.84. The van der Waals surface area contributed by atoms with Crippen LogP contribution < -0.4 is 0 Å². The van der Waals surface area contributed by atoms with Crippen molar-refractivity contribution >= 4 is 46.3 Å². The van der Waals surface area contributed by atoms with Gasteiger partial charge in [-0.3, -0.25) is 9.69 Å². The second-order valence-corrected chi connectivity index (χ2v) is 7.31. The Morgan fingerprint density at radius 2 is 1.96 bits per heavy atom. The van der Waals surface area contributed by atoms with Crippen molar-refractivity contribution in [2.75, 3.05) is 0 Å². The number of hydrogen-bond donors (Lipinski definition) is 1. The zero-order chi connectivity index (χ0) is 18.1. The molecule has 2 aromatic rings. The van der Waals surface area contributed by atoms with Gasteiger partial charge in [0.05, 0.1) is 4.91 Å². The summed E-state index contributed by atoms with van der Waals surface area (Å²) in [6, 6.07) is 10.5. The molecule has 1 aliphatic heterocycles. The van der Waals surface area contributed by atoms with E-state index in [-0.39, 0.29) is 4.32 Å². The SMILES string of the molecule is Cc1ccc(-c2ccc(/C=C3\SC(=S)N([C@H](C)C(=O)O)C3=O)o2)cc1. The standard InChI is InChI=1S/C18H15NO4S2/c1-10-3-5-12(6-4-10)14-8-7-13(23-14)9-15-16(20)19(18(24)25-15)11(2)17(21)22/h3-9,11H,1-2H3,(H,21,22)/b15-9-/t11-/m1/s1. The van der Waals surface area contributed by atoms with E-state index in [1.807, 2.05) is 37.3 Å². The van der Waals surface area contributed by atoms with Gasteiger partial charge in [-0.15, -0.1) is 0 Å². The van der Waals surface area contributed by atoms with Crippen molar-refractivity contribution in [3.63, 3.8) is 0 Å². The van der Waals surface area contributed by atoms with Crippen LogP contribution in [0.2, 0.25) is 0 Å². The van der Waals surface area contributed by atoms with E-state index in [2.05, 4.69) is 0 Å². The first-order chi connectivity index (χ1) is 11.9. The molecule has 0 spiro atoms. The maximum atomic E-state index is 12.4. The van der Waals surface area contributed by atoms with Crippen molar-refractivity contribution in [2.24, 2.45) is 0 Å². The smallest absolute Gasteiger partial charge is 0.326 e. The summed E-state index contributed by atoms with van der Waals surface area (Å²) in [4.78, 5) is 25.0. The predicted octanol–water partition coefficient (Wildman–Crippen LogP) is 3.93. The van der Waals surface area contributed by atoms with Gasteiger partial charge in [-0.1, -0.05) is 53.8 Å². The van der Waals surface area contributed by atoms with E-state index in [0.29, 0.717) is 16.4 Å². The Bertz CT molecular complexity index is 883. The van der Waals surface area contributed by atoms with Crippen LogP contribution in [0, 0.1) is 6.92 Å². The minimum atomic E-state index is -1.10. The lowest BCUT2D eigenvalue weighted by Gasteiger charge is -2.18.